The molecule has 0 saturated carbocycles. The maximum absolute atomic E-state index is 12.7. The zero-order chi connectivity index (χ0) is 19.0. The molecule has 0 radical (unpaired) electrons. The van der Waals surface area contributed by atoms with Crippen LogP contribution in [0.2, 0.25) is 0 Å². The van der Waals surface area contributed by atoms with Crippen LogP contribution in [0, 0.1) is 5.92 Å². The minimum Gasteiger partial charge on any atom is -0.343 e. The molecule has 3 heterocycles. The number of carbonyl (C=O) groups is 1. The largest absolute Gasteiger partial charge is 0.343 e. The molecule has 1 unspecified atom stereocenters. The van der Waals surface area contributed by atoms with Gasteiger partial charge in [0.05, 0.1) is 12.8 Å². The van der Waals surface area contributed by atoms with Gasteiger partial charge in [0, 0.05) is 43.9 Å². The van der Waals surface area contributed by atoms with Gasteiger partial charge in [0.1, 0.15) is 0 Å². The molecular formula is C19H26N4O3S. The van der Waals surface area contributed by atoms with Crippen LogP contribution in [0.1, 0.15) is 18.5 Å². The first-order chi connectivity index (χ1) is 12.9. The molecule has 0 spiro atoms. The van der Waals surface area contributed by atoms with Crippen molar-refractivity contribution in [3.8, 4) is 0 Å². The number of hydrogen-bond acceptors (Lipinski definition) is 3. The third kappa shape index (κ3) is 3.82. The third-order valence-electron chi connectivity index (χ3n) is 5.61. The van der Waals surface area contributed by atoms with Gasteiger partial charge in [0.25, 0.3) is 0 Å². The number of nitrogens with one attached hydrogen (secondary N) is 1. The van der Waals surface area contributed by atoms with Gasteiger partial charge in [-0.15, -0.1) is 0 Å². The summed E-state index contributed by atoms with van der Waals surface area (Å²) in [5, 5.41) is 4.22. The fourth-order valence-electron chi connectivity index (χ4n) is 4.14. The van der Waals surface area contributed by atoms with Crippen LogP contribution in [0.25, 0.3) is 10.9 Å². The number of urea groups is 1. The molecule has 27 heavy (non-hydrogen) atoms. The van der Waals surface area contributed by atoms with Gasteiger partial charge in [-0.3, -0.25) is 0 Å². The molecule has 1 aromatic heterocycles. The molecule has 1 saturated heterocycles. The quantitative estimate of drug-likeness (QED) is 0.869. The Balaban J connectivity index is 1.38. The van der Waals surface area contributed by atoms with Crippen LogP contribution in [-0.2, 0) is 23.1 Å². The lowest BCUT2D eigenvalue weighted by Gasteiger charge is -2.22. The molecule has 0 bridgehead atoms. The van der Waals surface area contributed by atoms with Crippen molar-refractivity contribution in [2.75, 3.05) is 32.4 Å². The van der Waals surface area contributed by atoms with Crippen molar-refractivity contribution in [3.63, 3.8) is 0 Å². The number of nitrogens with zero attached hydrogens (tertiary/aromatic N) is 3. The molecule has 7 nitrogen and oxygen atoms in total. The van der Waals surface area contributed by atoms with E-state index in [1.807, 2.05) is 17.0 Å². The highest BCUT2D eigenvalue weighted by Gasteiger charge is 2.29. The van der Waals surface area contributed by atoms with Crippen molar-refractivity contribution in [2.24, 2.45) is 5.92 Å². The van der Waals surface area contributed by atoms with Gasteiger partial charge in [-0.05, 0) is 36.3 Å². The second kappa shape index (κ2) is 7.16. The molecule has 2 amide bonds. The number of amides is 2. The topological polar surface area (TPSA) is 74.7 Å². The van der Waals surface area contributed by atoms with E-state index in [1.165, 1.54) is 21.5 Å². The van der Waals surface area contributed by atoms with Crippen LogP contribution < -0.4 is 5.32 Å². The van der Waals surface area contributed by atoms with Gasteiger partial charge >= 0.3 is 6.03 Å². The summed E-state index contributed by atoms with van der Waals surface area (Å²) < 4.78 is 27.0. The number of para-hydroxylation sites is 1. The lowest BCUT2D eigenvalue weighted by molar-refractivity contribution is 0.194. The second-order valence-electron chi connectivity index (χ2n) is 7.58. The minimum absolute atomic E-state index is 0.0634. The number of aryl methyl sites for hydroxylation is 1. The molecule has 2 aromatic rings. The average Bonchev–Trinajstić information content (AvgIpc) is 3.18. The highest BCUT2D eigenvalue weighted by atomic mass is 32.2. The van der Waals surface area contributed by atoms with E-state index < -0.39 is 10.0 Å². The van der Waals surface area contributed by atoms with Crippen LogP contribution >= 0.6 is 0 Å². The number of benzene rings is 1. The molecule has 2 aliphatic rings. The Morgan fingerprint density at radius 3 is 2.81 bits per heavy atom. The molecule has 1 fully saturated rings. The van der Waals surface area contributed by atoms with Crippen molar-refractivity contribution in [1.29, 1.82) is 0 Å². The summed E-state index contributed by atoms with van der Waals surface area (Å²) in [4.78, 5) is 14.5. The smallest absolute Gasteiger partial charge is 0.317 e. The van der Waals surface area contributed by atoms with Gasteiger partial charge in [-0.25, -0.2) is 17.5 Å². The van der Waals surface area contributed by atoms with Crippen LogP contribution in [0.5, 0.6) is 0 Å². The SMILES string of the molecule is CS(=O)(=O)N1CCC(CNC(=O)N2CCCn3c(cc4ccccc43)C2)C1. The van der Waals surface area contributed by atoms with E-state index in [4.69, 9.17) is 0 Å². The Hall–Kier alpha value is -2.06. The lowest BCUT2D eigenvalue weighted by atomic mass is 10.1. The normalized spacial score (nSPS) is 21.2. The van der Waals surface area contributed by atoms with E-state index >= 15 is 0 Å². The molecule has 1 atom stereocenters. The van der Waals surface area contributed by atoms with Crippen molar-refractivity contribution in [2.45, 2.75) is 25.9 Å². The average molecular weight is 391 g/mol. The Kier molecular flexibility index (Phi) is 4.86. The zero-order valence-corrected chi connectivity index (χ0v) is 16.4. The number of sulfonamides is 1. The van der Waals surface area contributed by atoms with Crippen LogP contribution in [0.4, 0.5) is 4.79 Å². The Morgan fingerprint density at radius 1 is 1.22 bits per heavy atom. The van der Waals surface area contributed by atoms with Gasteiger partial charge in [0.15, 0.2) is 0 Å². The van der Waals surface area contributed by atoms with E-state index in [1.54, 1.807) is 0 Å². The predicted octanol–water partition coefficient (Wildman–Crippen LogP) is 1.84. The standard InChI is InChI=1S/C19H26N4O3S/c1-27(25,26)22-10-7-15(13-22)12-20-19(24)21-8-4-9-23-17(14-21)11-16-5-2-3-6-18(16)23/h2-3,5-6,11,15H,4,7-10,12-14H2,1H3,(H,20,24). The second-order valence-corrected chi connectivity index (χ2v) is 9.57. The monoisotopic (exact) mass is 390 g/mol. The predicted molar refractivity (Wildman–Crippen MR) is 105 cm³/mol. The van der Waals surface area contributed by atoms with E-state index in [2.05, 4.69) is 28.1 Å². The molecular weight excluding hydrogens is 364 g/mol. The number of rotatable bonds is 3. The van der Waals surface area contributed by atoms with Crippen molar-refractivity contribution in [3.05, 3.63) is 36.0 Å². The molecule has 4 rings (SSSR count). The van der Waals surface area contributed by atoms with Crippen LogP contribution in [-0.4, -0.2) is 60.7 Å². The maximum atomic E-state index is 12.7. The van der Waals surface area contributed by atoms with Crippen molar-refractivity contribution in [1.82, 2.24) is 19.1 Å². The summed E-state index contributed by atoms with van der Waals surface area (Å²) in [6.07, 6.45) is 2.95. The highest BCUT2D eigenvalue weighted by molar-refractivity contribution is 7.88. The van der Waals surface area contributed by atoms with Crippen molar-refractivity contribution >= 4 is 27.0 Å². The number of hydrogen-bond donors (Lipinski definition) is 1. The molecule has 2 aliphatic heterocycles. The molecule has 146 valence electrons. The van der Waals surface area contributed by atoms with Gasteiger partial charge in [-0.1, -0.05) is 18.2 Å². The Labute approximate surface area is 160 Å². The molecule has 1 aromatic carbocycles. The van der Waals surface area contributed by atoms with Crippen LogP contribution in [0.3, 0.4) is 0 Å². The number of fused-ring (bicyclic) bond motifs is 3. The third-order valence-corrected chi connectivity index (χ3v) is 6.88. The fourth-order valence-corrected chi connectivity index (χ4v) is 5.06. The van der Waals surface area contributed by atoms with E-state index in [0.29, 0.717) is 26.2 Å². The summed E-state index contributed by atoms with van der Waals surface area (Å²) in [6.45, 7) is 3.79. The lowest BCUT2D eigenvalue weighted by Crippen LogP contribution is -2.42. The van der Waals surface area contributed by atoms with E-state index in [9.17, 15) is 13.2 Å². The molecule has 0 aliphatic carbocycles. The first-order valence-electron chi connectivity index (χ1n) is 9.47. The number of carbonyl (C=O) groups excluding carboxylic acids is 1. The van der Waals surface area contributed by atoms with Gasteiger partial charge in [-0.2, -0.15) is 0 Å². The summed E-state index contributed by atoms with van der Waals surface area (Å²) >= 11 is 0. The van der Waals surface area contributed by atoms with E-state index in [0.717, 1.165) is 31.6 Å². The summed E-state index contributed by atoms with van der Waals surface area (Å²) in [5.41, 5.74) is 2.38. The van der Waals surface area contributed by atoms with Gasteiger partial charge in [0.2, 0.25) is 10.0 Å². The summed E-state index contributed by atoms with van der Waals surface area (Å²) in [6, 6.07) is 10.4. The Morgan fingerprint density at radius 2 is 2.04 bits per heavy atom. The highest BCUT2D eigenvalue weighted by Crippen LogP contribution is 2.24. The van der Waals surface area contributed by atoms with E-state index in [-0.39, 0.29) is 11.9 Å². The number of aromatic nitrogens is 1. The zero-order valence-electron chi connectivity index (χ0n) is 15.6. The molecule has 8 heteroatoms. The summed E-state index contributed by atoms with van der Waals surface area (Å²) in [7, 11) is -3.14. The maximum Gasteiger partial charge on any atom is 0.317 e. The first-order valence-corrected chi connectivity index (χ1v) is 11.3. The molecule has 1 N–H and O–H groups in total. The Bertz CT molecular complexity index is 953. The fraction of sp³-hybridized carbons (Fsp3) is 0.526. The minimum atomic E-state index is -3.14. The van der Waals surface area contributed by atoms with Gasteiger partial charge < -0.3 is 14.8 Å². The summed E-state index contributed by atoms with van der Waals surface area (Å²) in [5.74, 6) is 0.183. The first kappa shape index (κ1) is 18.3. The van der Waals surface area contributed by atoms with Crippen molar-refractivity contribution < 1.29 is 13.2 Å². The van der Waals surface area contributed by atoms with Crippen LogP contribution in [0.15, 0.2) is 30.3 Å².